The van der Waals surface area contributed by atoms with Gasteiger partial charge < -0.3 is 5.32 Å². The Bertz CT molecular complexity index is 284. The lowest BCUT2D eigenvalue weighted by Gasteiger charge is -2.26. The van der Waals surface area contributed by atoms with E-state index in [0.29, 0.717) is 12.4 Å². The van der Waals surface area contributed by atoms with E-state index >= 15 is 0 Å². The molecule has 0 spiro atoms. The lowest BCUT2D eigenvalue weighted by molar-refractivity contribution is 0.324. The van der Waals surface area contributed by atoms with Crippen LogP contribution in [0.5, 0.6) is 0 Å². The number of sulfone groups is 1. The molecule has 0 heterocycles. The van der Waals surface area contributed by atoms with Gasteiger partial charge >= 0.3 is 0 Å². The van der Waals surface area contributed by atoms with E-state index in [4.69, 9.17) is 11.6 Å². The molecule has 0 radical (unpaired) electrons. The molecule has 1 aliphatic rings. The highest BCUT2D eigenvalue weighted by molar-refractivity contribution is 7.90. The summed E-state index contributed by atoms with van der Waals surface area (Å²) in [6, 6.07) is 0. The maximum Gasteiger partial charge on any atom is 0.148 e. The first-order chi connectivity index (χ1) is 6.97. The zero-order chi connectivity index (χ0) is 11.4. The number of rotatable bonds is 6. The topological polar surface area (TPSA) is 46.2 Å². The first-order valence-electron chi connectivity index (χ1n) is 5.42. The molecule has 1 fully saturated rings. The molecule has 1 N–H and O–H groups in total. The Morgan fingerprint density at radius 1 is 1.33 bits per heavy atom. The lowest BCUT2D eigenvalue weighted by atomic mass is 9.88. The van der Waals surface area contributed by atoms with Gasteiger partial charge in [-0.15, -0.1) is 11.6 Å². The maximum absolute atomic E-state index is 10.9. The van der Waals surface area contributed by atoms with Crippen LogP contribution in [0.15, 0.2) is 0 Å². The molecule has 0 aromatic carbocycles. The average Bonchev–Trinajstić information content (AvgIpc) is 2.60. The van der Waals surface area contributed by atoms with Crippen LogP contribution in [0, 0.1) is 5.41 Å². The molecule has 0 unspecified atom stereocenters. The van der Waals surface area contributed by atoms with Gasteiger partial charge in [-0.05, 0) is 18.3 Å². The van der Waals surface area contributed by atoms with E-state index in [9.17, 15) is 8.42 Å². The van der Waals surface area contributed by atoms with Gasteiger partial charge in [0.2, 0.25) is 0 Å². The van der Waals surface area contributed by atoms with Gasteiger partial charge in [0.05, 0.1) is 5.75 Å². The van der Waals surface area contributed by atoms with Gasteiger partial charge in [0.1, 0.15) is 9.84 Å². The summed E-state index contributed by atoms with van der Waals surface area (Å²) < 4.78 is 21.8. The van der Waals surface area contributed by atoms with Gasteiger partial charge in [-0.3, -0.25) is 0 Å². The Balaban J connectivity index is 2.24. The minimum absolute atomic E-state index is 0.214. The van der Waals surface area contributed by atoms with Crippen molar-refractivity contribution in [3.63, 3.8) is 0 Å². The Labute approximate surface area is 97.5 Å². The molecule has 0 aliphatic heterocycles. The van der Waals surface area contributed by atoms with Gasteiger partial charge in [-0.25, -0.2) is 8.42 Å². The van der Waals surface area contributed by atoms with E-state index < -0.39 is 9.84 Å². The summed E-state index contributed by atoms with van der Waals surface area (Å²) in [4.78, 5) is 0. The quantitative estimate of drug-likeness (QED) is 0.575. The lowest BCUT2D eigenvalue weighted by Crippen LogP contribution is -2.35. The van der Waals surface area contributed by atoms with E-state index in [2.05, 4.69) is 5.32 Å². The molecular formula is C10H20ClNO2S. The fraction of sp³-hybridized carbons (Fsp3) is 1.00. The number of alkyl halides is 1. The van der Waals surface area contributed by atoms with Crippen molar-refractivity contribution in [2.45, 2.75) is 25.7 Å². The Kier molecular flexibility index (Phi) is 4.87. The van der Waals surface area contributed by atoms with Gasteiger partial charge in [0, 0.05) is 25.2 Å². The normalized spacial score (nSPS) is 20.7. The summed E-state index contributed by atoms with van der Waals surface area (Å²) in [5.41, 5.74) is 0.221. The van der Waals surface area contributed by atoms with E-state index in [1.165, 1.54) is 31.9 Å². The van der Waals surface area contributed by atoms with Crippen molar-refractivity contribution in [1.29, 1.82) is 0 Å². The Hall–Kier alpha value is 0.200. The highest BCUT2D eigenvalue weighted by atomic mass is 35.5. The van der Waals surface area contributed by atoms with Crippen molar-refractivity contribution >= 4 is 21.4 Å². The van der Waals surface area contributed by atoms with Crippen LogP contribution in [0.4, 0.5) is 0 Å². The van der Waals surface area contributed by atoms with Gasteiger partial charge in [0.25, 0.3) is 0 Å². The van der Waals surface area contributed by atoms with Gasteiger partial charge in [-0.1, -0.05) is 12.8 Å². The molecule has 0 aromatic rings. The van der Waals surface area contributed by atoms with Gasteiger partial charge in [0.15, 0.2) is 0 Å². The van der Waals surface area contributed by atoms with E-state index in [-0.39, 0.29) is 11.2 Å². The fourth-order valence-corrected chi connectivity index (χ4v) is 2.97. The van der Waals surface area contributed by atoms with Crippen molar-refractivity contribution in [3.05, 3.63) is 0 Å². The highest BCUT2D eigenvalue weighted by Gasteiger charge is 2.32. The van der Waals surface area contributed by atoms with Crippen LogP contribution in [-0.2, 0) is 9.84 Å². The minimum atomic E-state index is -2.84. The van der Waals surface area contributed by atoms with E-state index in [0.717, 1.165) is 6.54 Å². The van der Waals surface area contributed by atoms with Crippen molar-refractivity contribution in [2.75, 3.05) is 31.0 Å². The fourth-order valence-electron chi connectivity index (χ4n) is 2.09. The molecule has 5 heteroatoms. The first-order valence-corrected chi connectivity index (χ1v) is 8.01. The molecule has 3 nitrogen and oxygen atoms in total. The smallest absolute Gasteiger partial charge is 0.148 e. The summed E-state index contributed by atoms with van der Waals surface area (Å²) in [7, 11) is -2.84. The molecule has 0 aromatic heterocycles. The number of hydrogen-bond acceptors (Lipinski definition) is 3. The molecule has 0 amide bonds. The summed E-state index contributed by atoms with van der Waals surface area (Å²) >= 11 is 5.98. The zero-order valence-corrected chi connectivity index (χ0v) is 10.8. The van der Waals surface area contributed by atoms with Crippen LogP contribution in [0.25, 0.3) is 0 Å². The minimum Gasteiger partial charge on any atom is -0.315 e. The van der Waals surface area contributed by atoms with Crippen LogP contribution in [0.1, 0.15) is 25.7 Å². The van der Waals surface area contributed by atoms with E-state index in [1.807, 2.05) is 0 Å². The molecular weight excluding hydrogens is 234 g/mol. The maximum atomic E-state index is 10.9. The molecule has 90 valence electrons. The summed E-state index contributed by atoms with van der Waals surface area (Å²) in [6.45, 7) is 1.39. The van der Waals surface area contributed by atoms with E-state index in [1.54, 1.807) is 0 Å². The van der Waals surface area contributed by atoms with Crippen molar-refractivity contribution in [3.8, 4) is 0 Å². The number of nitrogens with one attached hydrogen (secondary N) is 1. The van der Waals surface area contributed by atoms with Crippen LogP contribution in [0.2, 0.25) is 0 Å². The monoisotopic (exact) mass is 253 g/mol. The molecule has 15 heavy (non-hydrogen) atoms. The predicted octanol–water partition coefficient (Wildman–Crippen LogP) is 1.42. The van der Waals surface area contributed by atoms with Crippen LogP contribution in [-0.4, -0.2) is 39.4 Å². The first kappa shape index (κ1) is 13.3. The summed E-state index contributed by atoms with van der Waals surface area (Å²) in [6.07, 6.45) is 6.10. The largest absolute Gasteiger partial charge is 0.315 e. The highest BCUT2D eigenvalue weighted by Crippen LogP contribution is 2.38. The standard InChI is InChI=1S/C10H20ClNO2S/c1-15(13,14)7-6-12-9-10(8-11)4-2-3-5-10/h12H,2-9H2,1H3. The molecule has 1 saturated carbocycles. The van der Waals surface area contributed by atoms with Crippen molar-refractivity contribution in [2.24, 2.45) is 5.41 Å². The summed E-state index contributed by atoms with van der Waals surface area (Å²) in [5, 5.41) is 3.21. The third-order valence-electron chi connectivity index (χ3n) is 3.10. The second-order valence-electron chi connectivity index (χ2n) is 4.65. The molecule has 1 aliphatic carbocycles. The SMILES string of the molecule is CS(=O)(=O)CCNCC1(CCl)CCCC1. The number of halogens is 1. The molecule has 0 saturated heterocycles. The van der Waals surface area contributed by atoms with Crippen molar-refractivity contribution in [1.82, 2.24) is 5.32 Å². The van der Waals surface area contributed by atoms with Crippen molar-refractivity contribution < 1.29 is 8.42 Å². The third-order valence-corrected chi connectivity index (χ3v) is 4.61. The average molecular weight is 254 g/mol. The zero-order valence-electron chi connectivity index (χ0n) is 9.26. The number of hydrogen-bond donors (Lipinski definition) is 1. The van der Waals surface area contributed by atoms with Crippen LogP contribution in [0.3, 0.4) is 0 Å². The Morgan fingerprint density at radius 3 is 2.40 bits per heavy atom. The second-order valence-corrected chi connectivity index (χ2v) is 7.17. The van der Waals surface area contributed by atoms with Crippen LogP contribution < -0.4 is 5.32 Å². The third kappa shape index (κ3) is 4.70. The second kappa shape index (κ2) is 5.51. The van der Waals surface area contributed by atoms with Gasteiger partial charge in [-0.2, -0.15) is 0 Å². The van der Waals surface area contributed by atoms with Crippen LogP contribution >= 0.6 is 11.6 Å². The molecule has 0 bridgehead atoms. The molecule has 0 atom stereocenters. The summed E-state index contributed by atoms with van der Waals surface area (Å²) in [5.74, 6) is 0.893. The Morgan fingerprint density at radius 2 is 1.93 bits per heavy atom. The molecule has 1 rings (SSSR count). The predicted molar refractivity (Wildman–Crippen MR) is 64.2 cm³/mol.